The lowest BCUT2D eigenvalue weighted by Crippen LogP contribution is -2.31. The summed E-state index contributed by atoms with van der Waals surface area (Å²) in [6, 6.07) is 7.41. The maximum Gasteiger partial charge on any atom is 0.243 e. The lowest BCUT2D eigenvalue weighted by atomic mass is 9.87. The Morgan fingerprint density at radius 1 is 1.60 bits per heavy atom. The molecule has 0 aliphatic heterocycles. The van der Waals surface area contributed by atoms with Crippen LogP contribution in [0.3, 0.4) is 0 Å². The second-order valence-electron chi connectivity index (χ2n) is 4.79. The lowest BCUT2D eigenvalue weighted by molar-refractivity contribution is -0.116. The fourth-order valence-electron chi connectivity index (χ4n) is 2.13. The summed E-state index contributed by atoms with van der Waals surface area (Å²) in [5.74, 6) is 0.0550. The standard InChI is InChI=1S/C16H21N3O/c1-4-11(3)13-8-6-7-12(9-17)16(13)14(18)10-19-15(20)5-2/h5-8,11,14H,2,4,10,18H2,1,3H3,(H,19,20). The third kappa shape index (κ3) is 3.69. The lowest BCUT2D eigenvalue weighted by Gasteiger charge is -2.21. The molecule has 2 atom stereocenters. The Hall–Kier alpha value is -2.12. The summed E-state index contributed by atoms with van der Waals surface area (Å²) in [5.41, 5.74) is 8.64. The van der Waals surface area contributed by atoms with E-state index in [2.05, 4.69) is 31.8 Å². The van der Waals surface area contributed by atoms with Crippen molar-refractivity contribution in [3.8, 4) is 6.07 Å². The van der Waals surface area contributed by atoms with Gasteiger partial charge in [0.05, 0.1) is 11.6 Å². The largest absolute Gasteiger partial charge is 0.351 e. The normalized spacial score (nSPS) is 13.1. The van der Waals surface area contributed by atoms with Gasteiger partial charge in [-0.15, -0.1) is 0 Å². The van der Waals surface area contributed by atoms with Gasteiger partial charge in [-0.1, -0.05) is 32.6 Å². The predicted molar refractivity (Wildman–Crippen MR) is 80.0 cm³/mol. The van der Waals surface area contributed by atoms with E-state index >= 15 is 0 Å². The van der Waals surface area contributed by atoms with Crippen LogP contribution in [0.2, 0.25) is 0 Å². The van der Waals surface area contributed by atoms with Gasteiger partial charge in [0, 0.05) is 12.6 Å². The van der Waals surface area contributed by atoms with Crippen LogP contribution in [0.4, 0.5) is 0 Å². The number of hydrogen-bond donors (Lipinski definition) is 2. The minimum absolute atomic E-state index is 0.264. The third-order valence-corrected chi connectivity index (χ3v) is 3.46. The van der Waals surface area contributed by atoms with Crippen molar-refractivity contribution in [2.75, 3.05) is 6.54 Å². The number of carbonyl (C=O) groups excluding carboxylic acids is 1. The molecule has 0 saturated heterocycles. The van der Waals surface area contributed by atoms with Crippen molar-refractivity contribution >= 4 is 5.91 Å². The molecule has 1 aromatic rings. The van der Waals surface area contributed by atoms with Crippen molar-refractivity contribution in [2.45, 2.75) is 32.2 Å². The molecule has 0 saturated carbocycles. The number of amides is 1. The molecular formula is C16H21N3O. The van der Waals surface area contributed by atoms with Crippen LogP contribution in [0.25, 0.3) is 0 Å². The summed E-state index contributed by atoms with van der Waals surface area (Å²) in [4.78, 5) is 11.2. The van der Waals surface area contributed by atoms with E-state index in [9.17, 15) is 10.1 Å². The maximum atomic E-state index is 11.2. The molecule has 1 amide bonds. The molecular weight excluding hydrogens is 250 g/mol. The van der Waals surface area contributed by atoms with Gasteiger partial charge in [-0.3, -0.25) is 4.79 Å². The predicted octanol–water partition coefficient (Wildman–Crippen LogP) is 2.37. The van der Waals surface area contributed by atoms with E-state index in [1.807, 2.05) is 12.1 Å². The first-order valence-electron chi connectivity index (χ1n) is 6.73. The topological polar surface area (TPSA) is 78.9 Å². The number of nitrogens with one attached hydrogen (secondary N) is 1. The number of nitrogens with zero attached hydrogens (tertiary/aromatic N) is 1. The van der Waals surface area contributed by atoms with E-state index in [1.165, 1.54) is 6.08 Å². The second-order valence-corrected chi connectivity index (χ2v) is 4.79. The number of rotatable bonds is 6. The van der Waals surface area contributed by atoms with Gasteiger partial charge in [0.2, 0.25) is 5.91 Å². The van der Waals surface area contributed by atoms with Crippen molar-refractivity contribution in [2.24, 2.45) is 5.73 Å². The van der Waals surface area contributed by atoms with Crippen LogP contribution in [-0.2, 0) is 4.79 Å². The van der Waals surface area contributed by atoms with E-state index in [4.69, 9.17) is 5.73 Å². The van der Waals surface area contributed by atoms with Crippen LogP contribution in [0, 0.1) is 11.3 Å². The minimum Gasteiger partial charge on any atom is -0.351 e. The zero-order valence-corrected chi connectivity index (χ0v) is 12.0. The fraction of sp³-hybridized carbons (Fsp3) is 0.375. The molecule has 2 unspecified atom stereocenters. The van der Waals surface area contributed by atoms with Crippen molar-refractivity contribution in [3.05, 3.63) is 47.5 Å². The van der Waals surface area contributed by atoms with Gasteiger partial charge >= 0.3 is 0 Å². The van der Waals surface area contributed by atoms with Gasteiger partial charge < -0.3 is 11.1 Å². The highest BCUT2D eigenvalue weighted by atomic mass is 16.1. The van der Waals surface area contributed by atoms with Gasteiger partial charge in [-0.25, -0.2) is 0 Å². The van der Waals surface area contributed by atoms with Gasteiger partial charge in [0.1, 0.15) is 0 Å². The van der Waals surface area contributed by atoms with Crippen LogP contribution in [0.5, 0.6) is 0 Å². The van der Waals surface area contributed by atoms with E-state index in [0.29, 0.717) is 11.5 Å². The Bertz CT molecular complexity index is 531. The summed E-state index contributed by atoms with van der Waals surface area (Å²) in [7, 11) is 0. The Kier molecular flexibility index (Phi) is 5.95. The van der Waals surface area contributed by atoms with E-state index in [1.54, 1.807) is 6.07 Å². The van der Waals surface area contributed by atoms with Gasteiger partial charge in [0.25, 0.3) is 0 Å². The van der Waals surface area contributed by atoms with Crippen molar-refractivity contribution in [3.63, 3.8) is 0 Å². The molecule has 0 aliphatic carbocycles. The minimum atomic E-state index is -0.404. The summed E-state index contributed by atoms with van der Waals surface area (Å²) < 4.78 is 0. The van der Waals surface area contributed by atoms with Crippen LogP contribution in [-0.4, -0.2) is 12.5 Å². The molecule has 1 aromatic carbocycles. The number of nitrogens with two attached hydrogens (primary N) is 1. The molecule has 3 N–H and O–H groups in total. The molecule has 0 radical (unpaired) electrons. The molecule has 0 bridgehead atoms. The van der Waals surface area contributed by atoms with E-state index in [0.717, 1.165) is 17.5 Å². The quantitative estimate of drug-likeness (QED) is 0.780. The Balaban J connectivity index is 3.10. The first-order valence-corrected chi connectivity index (χ1v) is 6.73. The van der Waals surface area contributed by atoms with E-state index in [-0.39, 0.29) is 12.5 Å². The Morgan fingerprint density at radius 3 is 2.85 bits per heavy atom. The van der Waals surface area contributed by atoms with E-state index < -0.39 is 6.04 Å². The molecule has 0 spiro atoms. The van der Waals surface area contributed by atoms with Crippen LogP contribution < -0.4 is 11.1 Å². The van der Waals surface area contributed by atoms with Crippen molar-refractivity contribution in [1.82, 2.24) is 5.32 Å². The first-order chi connectivity index (χ1) is 9.54. The highest BCUT2D eigenvalue weighted by molar-refractivity contribution is 5.86. The molecule has 0 heterocycles. The molecule has 4 heteroatoms. The SMILES string of the molecule is C=CC(=O)NCC(N)c1c(C#N)cccc1C(C)CC. The Labute approximate surface area is 120 Å². The summed E-state index contributed by atoms with van der Waals surface area (Å²) >= 11 is 0. The third-order valence-electron chi connectivity index (χ3n) is 3.46. The summed E-state index contributed by atoms with van der Waals surface area (Å²) in [6.07, 6.45) is 2.17. The average Bonchev–Trinajstić information content (AvgIpc) is 2.50. The fourth-order valence-corrected chi connectivity index (χ4v) is 2.13. The smallest absolute Gasteiger partial charge is 0.243 e. The monoisotopic (exact) mass is 271 g/mol. The van der Waals surface area contributed by atoms with Gasteiger partial charge in [-0.05, 0) is 35.6 Å². The average molecular weight is 271 g/mol. The van der Waals surface area contributed by atoms with Crippen molar-refractivity contribution in [1.29, 1.82) is 5.26 Å². The van der Waals surface area contributed by atoms with Crippen molar-refractivity contribution < 1.29 is 4.79 Å². The second kappa shape index (κ2) is 7.46. The highest BCUT2D eigenvalue weighted by Crippen LogP contribution is 2.28. The van der Waals surface area contributed by atoms with Gasteiger partial charge in [0.15, 0.2) is 0 Å². The number of nitriles is 1. The first kappa shape index (κ1) is 15.9. The molecule has 0 fully saturated rings. The number of hydrogen-bond acceptors (Lipinski definition) is 3. The van der Waals surface area contributed by atoms with Gasteiger partial charge in [-0.2, -0.15) is 5.26 Å². The summed E-state index contributed by atoms with van der Waals surface area (Å²) in [6.45, 7) is 7.89. The molecule has 1 rings (SSSR count). The molecule has 0 aliphatic rings. The summed E-state index contributed by atoms with van der Waals surface area (Å²) in [5, 5.41) is 11.9. The molecule has 4 nitrogen and oxygen atoms in total. The molecule has 20 heavy (non-hydrogen) atoms. The maximum absolute atomic E-state index is 11.2. The van der Waals surface area contributed by atoms with Crippen LogP contribution in [0.15, 0.2) is 30.9 Å². The van der Waals surface area contributed by atoms with Crippen LogP contribution >= 0.6 is 0 Å². The molecule has 106 valence electrons. The number of benzene rings is 1. The molecule has 0 aromatic heterocycles. The number of carbonyl (C=O) groups is 1. The zero-order chi connectivity index (χ0) is 15.1. The van der Waals surface area contributed by atoms with Crippen LogP contribution in [0.1, 0.15) is 48.9 Å². The zero-order valence-electron chi connectivity index (χ0n) is 12.0. The Morgan fingerprint density at radius 2 is 2.30 bits per heavy atom. The highest BCUT2D eigenvalue weighted by Gasteiger charge is 2.18.